The lowest BCUT2D eigenvalue weighted by Gasteiger charge is -2.07. The van der Waals surface area contributed by atoms with Gasteiger partial charge in [0.1, 0.15) is 23.0 Å². The molecule has 0 heterocycles. The summed E-state index contributed by atoms with van der Waals surface area (Å²) < 4.78 is 27.0. The van der Waals surface area contributed by atoms with Crippen molar-refractivity contribution in [2.75, 3.05) is 6.54 Å². The van der Waals surface area contributed by atoms with E-state index >= 15 is 0 Å². The second kappa shape index (κ2) is 6.29. The Morgan fingerprint density at radius 2 is 2.00 bits per heavy atom. The second-order valence-corrected chi connectivity index (χ2v) is 4.26. The van der Waals surface area contributed by atoms with Gasteiger partial charge in [-0.15, -0.1) is 0 Å². The highest BCUT2D eigenvalue weighted by Gasteiger charge is 2.17. The average Bonchev–Trinajstić information content (AvgIpc) is 2.27. The minimum atomic E-state index is -0.969. The van der Waals surface area contributed by atoms with Crippen LogP contribution in [-0.2, 0) is 0 Å². The Kier molecular flexibility index (Phi) is 5.02. The largest absolute Gasteiger partial charge is 0.409 e. The highest BCUT2D eigenvalue weighted by Crippen LogP contribution is 2.19. The maximum Gasteiger partial charge on any atom is 0.257 e. The summed E-state index contributed by atoms with van der Waals surface area (Å²) in [5.41, 5.74) is 4.50. The molecule has 4 N–H and O–H groups in total. The number of amides is 1. The van der Waals surface area contributed by atoms with E-state index in [9.17, 15) is 13.6 Å². The van der Waals surface area contributed by atoms with Gasteiger partial charge in [0.2, 0.25) is 0 Å². The van der Waals surface area contributed by atoms with Crippen molar-refractivity contribution < 1.29 is 18.8 Å². The van der Waals surface area contributed by atoms with E-state index < -0.39 is 23.1 Å². The number of halogens is 3. The number of nitrogens with zero attached hydrogens (tertiary/aromatic N) is 1. The summed E-state index contributed by atoms with van der Waals surface area (Å²) in [4.78, 5) is 11.5. The zero-order valence-corrected chi connectivity index (χ0v) is 10.7. The summed E-state index contributed by atoms with van der Waals surface area (Å²) in [5.74, 6) is -2.93. The van der Waals surface area contributed by atoms with Crippen LogP contribution < -0.4 is 11.1 Å². The second-order valence-electron chi connectivity index (χ2n) is 3.34. The third-order valence-electron chi connectivity index (χ3n) is 2.03. The number of nitrogens with two attached hydrogens (primary N) is 1. The van der Waals surface area contributed by atoms with Gasteiger partial charge in [0.05, 0.1) is 0 Å². The Labute approximate surface area is 110 Å². The van der Waals surface area contributed by atoms with Gasteiger partial charge in [-0.1, -0.05) is 21.1 Å². The molecule has 0 aromatic heterocycles. The Morgan fingerprint density at radius 1 is 1.44 bits per heavy atom. The monoisotopic (exact) mass is 321 g/mol. The van der Waals surface area contributed by atoms with Gasteiger partial charge in [-0.3, -0.25) is 4.79 Å². The highest BCUT2D eigenvalue weighted by atomic mass is 79.9. The molecule has 98 valence electrons. The molecule has 0 bridgehead atoms. The van der Waals surface area contributed by atoms with Crippen molar-refractivity contribution in [3.63, 3.8) is 0 Å². The van der Waals surface area contributed by atoms with E-state index in [-0.39, 0.29) is 23.3 Å². The molecule has 0 aliphatic carbocycles. The van der Waals surface area contributed by atoms with E-state index in [4.69, 9.17) is 10.9 Å². The van der Waals surface area contributed by atoms with Gasteiger partial charge in [0.25, 0.3) is 5.91 Å². The number of amidine groups is 1. The van der Waals surface area contributed by atoms with Crippen molar-refractivity contribution in [1.82, 2.24) is 5.32 Å². The molecule has 1 rings (SSSR count). The van der Waals surface area contributed by atoms with Gasteiger partial charge in [-0.25, -0.2) is 8.78 Å². The Hall–Kier alpha value is -1.70. The van der Waals surface area contributed by atoms with Crippen molar-refractivity contribution in [1.29, 1.82) is 0 Å². The van der Waals surface area contributed by atoms with E-state index in [0.717, 1.165) is 12.1 Å². The van der Waals surface area contributed by atoms with Gasteiger partial charge < -0.3 is 16.3 Å². The fourth-order valence-corrected chi connectivity index (χ4v) is 1.60. The van der Waals surface area contributed by atoms with Crippen LogP contribution in [0.4, 0.5) is 8.78 Å². The Bertz CT molecular complexity index is 471. The molecule has 1 aromatic carbocycles. The first-order valence-corrected chi connectivity index (χ1v) is 5.64. The van der Waals surface area contributed by atoms with Crippen LogP contribution in [0.15, 0.2) is 21.8 Å². The zero-order valence-electron chi connectivity index (χ0n) is 9.08. The molecule has 0 saturated carbocycles. The number of oxime groups is 1. The predicted molar refractivity (Wildman–Crippen MR) is 64.4 cm³/mol. The molecule has 0 fully saturated rings. The molecule has 0 unspecified atom stereocenters. The molecule has 0 spiro atoms. The van der Waals surface area contributed by atoms with E-state index in [1.807, 2.05) is 0 Å². The van der Waals surface area contributed by atoms with Crippen LogP contribution in [0.5, 0.6) is 0 Å². The molecule has 0 radical (unpaired) electrons. The van der Waals surface area contributed by atoms with Crippen molar-refractivity contribution in [2.45, 2.75) is 6.42 Å². The topological polar surface area (TPSA) is 87.7 Å². The van der Waals surface area contributed by atoms with Gasteiger partial charge in [0.15, 0.2) is 0 Å². The van der Waals surface area contributed by atoms with E-state index in [1.165, 1.54) is 0 Å². The molecule has 0 aliphatic rings. The summed E-state index contributed by atoms with van der Waals surface area (Å²) in [6.07, 6.45) is 0.0714. The van der Waals surface area contributed by atoms with Crippen LogP contribution >= 0.6 is 15.9 Å². The van der Waals surface area contributed by atoms with Crippen molar-refractivity contribution in [2.24, 2.45) is 10.9 Å². The normalized spacial score (nSPS) is 11.4. The molecular formula is C10H10BrF2N3O2. The van der Waals surface area contributed by atoms with Gasteiger partial charge in [0, 0.05) is 17.4 Å². The first kappa shape index (κ1) is 14.4. The third kappa shape index (κ3) is 3.66. The SMILES string of the molecule is NC(CCNC(=O)c1c(F)cc(Br)cc1F)=NO. The summed E-state index contributed by atoms with van der Waals surface area (Å²) in [6, 6.07) is 1.98. The van der Waals surface area contributed by atoms with Crippen LogP contribution in [0.2, 0.25) is 0 Å². The summed E-state index contributed by atoms with van der Waals surface area (Å²) in [7, 11) is 0. The first-order valence-electron chi connectivity index (χ1n) is 4.85. The molecule has 0 saturated heterocycles. The molecule has 0 atom stereocenters. The van der Waals surface area contributed by atoms with Gasteiger partial charge in [-0.2, -0.15) is 0 Å². The number of rotatable bonds is 4. The third-order valence-corrected chi connectivity index (χ3v) is 2.49. The van der Waals surface area contributed by atoms with Crippen molar-refractivity contribution >= 4 is 27.7 Å². The molecule has 1 amide bonds. The smallest absolute Gasteiger partial charge is 0.257 e. The standard InChI is InChI=1S/C10H10BrF2N3O2/c11-5-3-6(12)9(7(13)4-5)10(17)15-2-1-8(14)16-18/h3-4,18H,1-2H2,(H2,14,16)(H,15,17). The summed E-state index contributed by atoms with van der Waals surface area (Å²) in [6.45, 7) is 0.00364. The van der Waals surface area contributed by atoms with Crippen LogP contribution in [0.1, 0.15) is 16.8 Å². The molecular weight excluding hydrogens is 312 g/mol. The van der Waals surface area contributed by atoms with E-state index in [1.54, 1.807) is 0 Å². The number of hydrogen-bond donors (Lipinski definition) is 3. The number of hydrogen-bond acceptors (Lipinski definition) is 3. The maximum absolute atomic E-state index is 13.4. The average molecular weight is 322 g/mol. The van der Waals surface area contributed by atoms with Crippen LogP contribution in [0.3, 0.4) is 0 Å². The van der Waals surface area contributed by atoms with Crippen molar-refractivity contribution in [3.8, 4) is 0 Å². The number of nitrogens with one attached hydrogen (secondary N) is 1. The Balaban J connectivity index is 2.73. The maximum atomic E-state index is 13.4. The summed E-state index contributed by atoms with van der Waals surface area (Å²) in [5, 5.41) is 13.2. The number of carbonyl (C=O) groups is 1. The molecule has 0 aliphatic heterocycles. The molecule has 18 heavy (non-hydrogen) atoms. The summed E-state index contributed by atoms with van der Waals surface area (Å²) >= 11 is 2.91. The van der Waals surface area contributed by atoms with Crippen LogP contribution in [-0.4, -0.2) is 23.5 Å². The van der Waals surface area contributed by atoms with Crippen LogP contribution in [0, 0.1) is 11.6 Å². The lowest BCUT2D eigenvalue weighted by molar-refractivity contribution is 0.0946. The quantitative estimate of drug-likeness (QED) is 0.340. The van der Waals surface area contributed by atoms with E-state index in [0.29, 0.717) is 0 Å². The molecule has 5 nitrogen and oxygen atoms in total. The van der Waals surface area contributed by atoms with Gasteiger partial charge >= 0.3 is 0 Å². The highest BCUT2D eigenvalue weighted by molar-refractivity contribution is 9.10. The molecule has 1 aromatic rings. The lowest BCUT2D eigenvalue weighted by Crippen LogP contribution is -2.29. The minimum absolute atomic E-state index is 0.00364. The lowest BCUT2D eigenvalue weighted by atomic mass is 10.2. The fourth-order valence-electron chi connectivity index (χ4n) is 1.20. The zero-order chi connectivity index (χ0) is 13.7. The first-order chi connectivity index (χ1) is 8.45. The number of benzene rings is 1. The fraction of sp³-hybridized carbons (Fsp3) is 0.200. The number of carbonyl (C=O) groups excluding carboxylic acids is 1. The predicted octanol–water partition coefficient (Wildman–Crippen LogP) is 1.59. The van der Waals surface area contributed by atoms with Crippen LogP contribution in [0.25, 0.3) is 0 Å². The Morgan fingerprint density at radius 3 is 2.50 bits per heavy atom. The minimum Gasteiger partial charge on any atom is -0.409 e. The molecule has 8 heteroatoms. The van der Waals surface area contributed by atoms with E-state index in [2.05, 4.69) is 26.4 Å². The van der Waals surface area contributed by atoms with Gasteiger partial charge in [-0.05, 0) is 12.1 Å². The van der Waals surface area contributed by atoms with Crippen molar-refractivity contribution in [3.05, 3.63) is 33.8 Å².